The predicted molar refractivity (Wildman–Crippen MR) is 72.0 cm³/mol. The normalized spacial score (nSPS) is 12.8. The molecule has 0 aliphatic carbocycles. The molecule has 0 bridgehead atoms. The van der Waals surface area contributed by atoms with Gasteiger partial charge in [0, 0.05) is 19.8 Å². The molecule has 0 heterocycles. The number of sulfone groups is 1. The van der Waals surface area contributed by atoms with E-state index in [0.717, 1.165) is 6.26 Å². The molecule has 0 aliphatic heterocycles. The molecule has 5 nitrogen and oxygen atoms in total. The van der Waals surface area contributed by atoms with Gasteiger partial charge in [0.1, 0.15) is 0 Å². The van der Waals surface area contributed by atoms with Crippen LogP contribution < -0.4 is 10.6 Å². The number of nitrogens with two attached hydrogens (primary N) is 1. The Hall–Kier alpha value is -1.74. The van der Waals surface area contributed by atoms with Gasteiger partial charge in [-0.3, -0.25) is 0 Å². The zero-order valence-electron chi connectivity index (χ0n) is 10.7. The molecule has 6 heteroatoms. The van der Waals surface area contributed by atoms with E-state index in [0.29, 0.717) is 12.2 Å². The highest BCUT2D eigenvalue weighted by atomic mass is 32.2. The number of nitrogen functional groups attached to an aromatic ring is 1. The molecule has 0 spiro atoms. The first-order chi connectivity index (χ1) is 8.27. The van der Waals surface area contributed by atoms with Crippen molar-refractivity contribution in [1.82, 2.24) is 0 Å². The maximum Gasteiger partial charge on any atom is 0.177 e. The maximum absolute atomic E-state index is 11.6. The van der Waals surface area contributed by atoms with E-state index in [4.69, 9.17) is 11.0 Å². The summed E-state index contributed by atoms with van der Waals surface area (Å²) in [6.45, 7) is 2.29. The first-order valence-corrected chi connectivity index (χ1v) is 7.35. The molecule has 1 unspecified atom stereocenters. The predicted octanol–water partition coefficient (Wildman–Crippen LogP) is 1.27. The van der Waals surface area contributed by atoms with Crippen molar-refractivity contribution >= 4 is 21.2 Å². The summed E-state index contributed by atoms with van der Waals surface area (Å²) in [5, 5.41) is 8.78. The van der Waals surface area contributed by atoms with Gasteiger partial charge in [0.05, 0.1) is 28.3 Å². The lowest BCUT2D eigenvalue weighted by atomic mass is 10.2. The van der Waals surface area contributed by atoms with Crippen LogP contribution in [-0.2, 0) is 9.84 Å². The molecular formula is C12H17N3O2S. The van der Waals surface area contributed by atoms with E-state index in [1.165, 1.54) is 6.07 Å². The molecule has 1 rings (SSSR count). The van der Waals surface area contributed by atoms with Crippen LogP contribution in [0.2, 0.25) is 0 Å². The van der Waals surface area contributed by atoms with Crippen LogP contribution in [0.15, 0.2) is 23.1 Å². The van der Waals surface area contributed by atoms with Gasteiger partial charge in [0.15, 0.2) is 9.84 Å². The van der Waals surface area contributed by atoms with Crippen molar-refractivity contribution < 1.29 is 8.42 Å². The standard InChI is InChI=1S/C12H17N3O2S/c1-9(7-13)8-15(2)10-5-4-6-11(12(10)14)18(3,16)17/h4-6,9H,8,14H2,1-3H3. The van der Waals surface area contributed by atoms with Crippen LogP contribution in [-0.4, -0.2) is 28.3 Å². The molecule has 0 aliphatic rings. The number of rotatable bonds is 4. The van der Waals surface area contributed by atoms with E-state index in [9.17, 15) is 8.42 Å². The molecule has 1 aromatic carbocycles. The van der Waals surface area contributed by atoms with Crippen molar-refractivity contribution in [2.24, 2.45) is 5.92 Å². The van der Waals surface area contributed by atoms with Crippen LogP contribution in [0.25, 0.3) is 0 Å². The minimum absolute atomic E-state index is 0.122. The van der Waals surface area contributed by atoms with Crippen LogP contribution in [0.3, 0.4) is 0 Å². The molecule has 0 radical (unpaired) electrons. The quantitative estimate of drug-likeness (QED) is 0.830. The van der Waals surface area contributed by atoms with Crippen molar-refractivity contribution in [2.45, 2.75) is 11.8 Å². The second-order valence-corrected chi connectivity index (χ2v) is 6.36. The molecule has 2 N–H and O–H groups in total. The van der Waals surface area contributed by atoms with Gasteiger partial charge in [-0.15, -0.1) is 0 Å². The molecule has 98 valence electrons. The second kappa shape index (κ2) is 5.27. The number of hydrogen-bond donors (Lipinski definition) is 1. The molecular weight excluding hydrogens is 250 g/mol. The van der Waals surface area contributed by atoms with Crippen molar-refractivity contribution in [1.29, 1.82) is 5.26 Å². The summed E-state index contributed by atoms with van der Waals surface area (Å²) in [6.07, 6.45) is 1.13. The lowest BCUT2D eigenvalue weighted by Crippen LogP contribution is -2.24. The highest BCUT2D eigenvalue weighted by Crippen LogP contribution is 2.29. The number of nitrogens with zero attached hydrogens (tertiary/aromatic N) is 2. The summed E-state index contributed by atoms with van der Waals surface area (Å²) in [4.78, 5) is 1.91. The highest BCUT2D eigenvalue weighted by Gasteiger charge is 2.16. The summed E-state index contributed by atoms with van der Waals surface area (Å²) < 4.78 is 23.1. The van der Waals surface area contributed by atoms with Gasteiger partial charge in [0.2, 0.25) is 0 Å². The van der Waals surface area contributed by atoms with Gasteiger partial charge in [-0.05, 0) is 19.1 Å². The Kier molecular flexibility index (Phi) is 4.19. The summed E-state index contributed by atoms with van der Waals surface area (Å²) >= 11 is 0. The fraction of sp³-hybridized carbons (Fsp3) is 0.417. The third-order valence-corrected chi connectivity index (χ3v) is 3.78. The number of nitriles is 1. The van der Waals surface area contributed by atoms with Gasteiger partial charge in [-0.25, -0.2) is 8.42 Å². The van der Waals surface area contributed by atoms with Crippen molar-refractivity contribution in [2.75, 3.05) is 30.5 Å². The van der Waals surface area contributed by atoms with Gasteiger partial charge in [-0.2, -0.15) is 5.26 Å². The Labute approximate surface area is 108 Å². The van der Waals surface area contributed by atoms with E-state index in [1.807, 2.05) is 0 Å². The average Bonchev–Trinajstić information content (AvgIpc) is 2.27. The topological polar surface area (TPSA) is 87.2 Å². The number of benzene rings is 1. The Bertz CT molecular complexity index is 575. The lowest BCUT2D eigenvalue weighted by Gasteiger charge is -2.23. The van der Waals surface area contributed by atoms with Gasteiger partial charge in [0.25, 0.3) is 0 Å². The molecule has 1 atom stereocenters. The van der Waals surface area contributed by atoms with Crippen LogP contribution in [0.1, 0.15) is 6.92 Å². The van der Waals surface area contributed by atoms with E-state index < -0.39 is 9.84 Å². The fourth-order valence-electron chi connectivity index (χ4n) is 1.74. The first kappa shape index (κ1) is 14.3. The van der Waals surface area contributed by atoms with E-state index in [1.54, 1.807) is 31.0 Å². The van der Waals surface area contributed by atoms with Crippen molar-refractivity contribution in [3.63, 3.8) is 0 Å². The largest absolute Gasteiger partial charge is 0.396 e. The Morgan fingerprint density at radius 1 is 1.50 bits per heavy atom. The minimum atomic E-state index is -3.34. The zero-order chi connectivity index (χ0) is 13.9. The molecule has 0 fully saturated rings. The van der Waals surface area contributed by atoms with Gasteiger partial charge >= 0.3 is 0 Å². The smallest absolute Gasteiger partial charge is 0.177 e. The molecule has 18 heavy (non-hydrogen) atoms. The molecule has 0 saturated heterocycles. The molecule has 1 aromatic rings. The van der Waals surface area contributed by atoms with Crippen LogP contribution in [0.4, 0.5) is 11.4 Å². The summed E-state index contributed by atoms with van der Waals surface area (Å²) in [5.41, 5.74) is 6.74. The highest BCUT2D eigenvalue weighted by molar-refractivity contribution is 7.90. The third-order valence-electron chi connectivity index (χ3n) is 2.62. The zero-order valence-corrected chi connectivity index (χ0v) is 11.5. The molecule has 0 aromatic heterocycles. The van der Waals surface area contributed by atoms with E-state index in [-0.39, 0.29) is 16.5 Å². The SMILES string of the molecule is CC(C#N)CN(C)c1cccc(S(C)(=O)=O)c1N. The van der Waals surface area contributed by atoms with Gasteiger partial charge in [-0.1, -0.05) is 6.07 Å². The first-order valence-electron chi connectivity index (χ1n) is 5.46. The van der Waals surface area contributed by atoms with Crippen LogP contribution >= 0.6 is 0 Å². The van der Waals surface area contributed by atoms with Crippen LogP contribution in [0.5, 0.6) is 0 Å². The maximum atomic E-state index is 11.6. The van der Waals surface area contributed by atoms with E-state index >= 15 is 0 Å². The Morgan fingerprint density at radius 3 is 2.61 bits per heavy atom. The Balaban J connectivity index is 3.16. The summed E-state index contributed by atoms with van der Waals surface area (Å²) in [6, 6.07) is 7.00. The summed E-state index contributed by atoms with van der Waals surface area (Å²) in [7, 11) is -1.56. The van der Waals surface area contributed by atoms with Crippen LogP contribution in [0, 0.1) is 17.2 Å². The summed E-state index contributed by atoms with van der Waals surface area (Å²) in [5.74, 6) is -0.156. The molecule has 0 saturated carbocycles. The third kappa shape index (κ3) is 3.14. The van der Waals surface area contributed by atoms with Gasteiger partial charge < -0.3 is 10.6 Å². The minimum Gasteiger partial charge on any atom is -0.396 e. The van der Waals surface area contributed by atoms with Crippen molar-refractivity contribution in [3.05, 3.63) is 18.2 Å². The van der Waals surface area contributed by atoms with Crippen molar-refractivity contribution in [3.8, 4) is 6.07 Å². The Morgan fingerprint density at radius 2 is 2.11 bits per heavy atom. The number of anilines is 2. The number of para-hydroxylation sites is 1. The average molecular weight is 267 g/mol. The number of hydrogen-bond acceptors (Lipinski definition) is 5. The second-order valence-electron chi connectivity index (χ2n) is 4.37. The fourth-order valence-corrected chi connectivity index (χ4v) is 2.57. The molecule has 0 amide bonds. The lowest BCUT2D eigenvalue weighted by molar-refractivity contribution is 0.602. The monoisotopic (exact) mass is 267 g/mol. The van der Waals surface area contributed by atoms with E-state index in [2.05, 4.69) is 6.07 Å².